The van der Waals surface area contributed by atoms with Gasteiger partial charge in [0, 0.05) is 33.2 Å². The zero-order valence-electron chi connectivity index (χ0n) is 24.7. The zero-order chi connectivity index (χ0) is 28.6. The molecule has 2 aliphatic rings. The Morgan fingerprint density at radius 2 is 1.17 bits per heavy atom. The fourth-order valence-electron chi connectivity index (χ4n) is 6.83. The quantitative estimate of drug-likeness (QED) is 0.207. The largest absolute Gasteiger partial charge is 0.494 e. The number of fused-ring (bicyclic) bond motifs is 6. The van der Waals surface area contributed by atoms with Gasteiger partial charge in [-0.3, -0.25) is 0 Å². The van der Waals surface area contributed by atoms with E-state index < -0.39 is 18.3 Å². The summed E-state index contributed by atoms with van der Waals surface area (Å²) in [7, 11) is -0.474. The zero-order valence-corrected chi connectivity index (χ0v) is 24.7. The summed E-state index contributed by atoms with van der Waals surface area (Å²) >= 11 is 0. The van der Waals surface area contributed by atoms with E-state index in [0.29, 0.717) is 0 Å². The average Bonchev–Trinajstić information content (AvgIpc) is 3.47. The van der Waals surface area contributed by atoms with Crippen LogP contribution in [0.1, 0.15) is 51.8 Å². The lowest BCUT2D eigenvalue weighted by molar-refractivity contribution is 0.00578. The topological polar surface area (TPSA) is 28.3 Å². The molecule has 42 heavy (non-hydrogen) atoms. The first-order valence-electron chi connectivity index (χ1n) is 15.1. The van der Waals surface area contributed by atoms with Crippen molar-refractivity contribution in [2.75, 3.05) is 0 Å². The van der Waals surface area contributed by atoms with E-state index in [-0.39, 0.29) is 0 Å². The van der Waals surface area contributed by atoms with E-state index in [9.17, 15) is 0 Å². The Labute approximate surface area is 247 Å². The van der Waals surface area contributed by atoms with Crippen LogP contribution in [0.4, 0.5) is 0 Å². The van der Waals surface area contributed by atoms with Gasteiger partial charge in [-0.2, -0.15) is 0 Å². The van der Waals surface area contributed by atoms with Gasteiger partial charge in [0.2, 0.25) is 0 Å². The van der Waals surface area contributed by atoms with Gasteiger partial charge >= 0.3 is 7.12 Å². The van der Waals surface area contributed by atoms with Crippen LogP contribution >= 0.6 is 0 Å². The van der Waals surface area contributed by atoms with Crippen LogP contribution in [0.15, 0.2) is 97.1 Å². The van der Waals surface area contributed by atoms with Crippen molar-refractivity contribution in [1.29, 1.82) is 0 Å². The highest BCUT2D eigenvalue weighted by atomic mass is 16.7. The van der Waals surface area contributed by atoms with Crippen LogP contribution < -0.4 is 5.46 Å². The van der Waals surface area contributed by atoms with Gasteiger partial charge < -0.3 is 18.4 Å². The van der Waals surface area contributed by atoms with Crippen LogP contribution in [-0.4, -0.2) is 27.5 Å². The standard InChI is InChI=1S/C37H35BN2O2/c1-36(2)37(3,4)42-38(41-36)25-22-26(39-32-18-7-5-6-14-28(32)29-15-8-11-19-33(29)39)24-27(23-25)40-34-20-12-9-16-30(34)31-17-10-13-21-35(31)40/h7-13,15-24H,5-6,14H2,1-4H3. The van der Waals surface area contributed by atoms with Crippen LogP contribution in [-0.2, 0) is 15.7 Å². The lowest BCUT2D eigenvalue weighted by Crippen LogP contribution is -2.41. The molecule has 0 N–H and O–H groups in total. The molecule has 0 amide bonds. The summed E-state index contributed by atoms with van der Waals surface area (Å²) in [6, 6.07) is 33.1. The van der Waals surface area contributed by atoms with Crippen LogP contribution in [0.5, 0.6) is 0 Å². The molecule has 0 unspecified atom stereocenters. The van der Waals surface area contributed by atoms with E-state index in [1.54, 1.807) is 0 Å². The second-order valence-corrected chi connectivity index (χ2v) is 12.8. The Morgan fingerprint density at radius 1 is 0.643 bits per heavy atom. The molecule has 1 aliphatic heterocycles. The van der Waals surface area contributed by atoms with Gasteiger partial charge in [-0.05, 0) is 100 Å². The Kier molecular flexibility index (Phi) is 5.63. The van der Waals surface area contributed by atoms with Crippen LogP contribution in [0.25, 0.3) is 50.2 Å². The third kappa shape index (κ3) is 3.77. The van der Waals surface area contributed by atoms with Crippen molar-refractivity contribution in [2.24, 2.45) is 0 Å². The van der Waals surface area contributed by atoms with Crippen molar-refractivity contribution in [3.63, 3.8) is 0 Å². The van der Waals surface area contributed by atoms with Crippen molar-refractivity contribution >= 4 is 51.4 Å². The van der Waals surface area contributed by atoms with Crippen LogP contribution in [0.2, 0.25) is 0 Å². The summed E-state index contributed by atoms with van der Waals surface area (Å²) < 4.78 is 18.1. The molecule has 6 aromatic rings. The molecule has 1 fully saturated rings. The predicted molar refractivity (Wildman–Crippen MR) is 175 cm³/mol. The summed E-state index contributed by atoms with van der Waals surface area (Å²) in [4.78, 5) is 0. The van der Waals surface area contributed by atoms with Crippen molar-refractivity contribution in [1.82, 2.24) is 9.13 Å². The van der Waals surface area contributed by atoms with Crippen LogP contribution in [0.3, 0.4) is 0 Å². The predicted octanol–water partition coefficient (Wildman–Crippen LogP) is 8.38. The second-order valence-electron chi connectivity index (χ2n) is 12.8. The molecule has 4 aromatic carbocycles. The van der Waals surface area contributed by atoms with Gasteiger partial charge in [-0.1, -0.05) is 60.7 Å². The Balaban J connectivity index is 1.44. The van der Waals surface area contributed by atoms with E-state index in [1.165, 1.54) is 44.0 Å². The van der Waals surface area contributed by atoms with Gasteiger partial charge in [-0.15, -0.1) is 0 Å². The number of benzene rings is 4. The molecule has 0 radical (unpaired) electrons. The molecule has 4 nitrogen and oxygen atoms in total. The first-order valence-corrected chi connectivity index (χ1v) is 15.1. The maximum absolute atomic E-state index is 6.64. The highest BCUT2D eigenvalue weighted by Gasteiger charge is 2.52. The van der Waals surface area contributed by atoms with Crippen LogP contribution in [0, 0.1) is 0 Å². The van der Waals surface area contributed by atoms with Gasteiger partial charge in [-0.25, -0.2) is 0 Å². The summed E-state index contributed by atoms with van der Waals surface area (Å²) in [6.45, 7) is 8.48. The number of aromatic nitrogens is 2. The summed E-state index contributed by atoms with van der Waals surface area (Å²) in [6.07, 6.45) is 7.99. The summed E-state index contributed by atoms with van der Waals surface area (Å²) in [5.74, 6) is 0. The molecule has 0 spiro atoms. The number of nitrogens with zero attached hydrogens (tertiary/aromatic N) is 2. The fourth-order valence-corrected chi connectivity index (χ4v) is 6.83. The Hall–Kier alpha value is -4.06. The molecule has 1 aliphatic carbocycles. The third-order valence-electron chi connectivity index (χ3n) is 9.64. The SMILES string of the molecule is CC1(C)OB(c2cc(-n3c4c(c5ccccc53)CCCC=C4)cc(-n3c4ccccc4c4ccccc43)c2)OC1(C)C. The molecule has 2 aromatic heterocycles. The molecule has 0 bridgehead atoms. The minimum absolute atomic E-state index is 0.430. The van der Waals surface area contributed by atoms with Gasteiger partial charge in [0.1, 0.15) is 0 Å². The molecule has 0 atom stereocenters. The minimum Gasteiger partial charge on any atom is -0.399 e. The monoisotopic (exact) mass is 550 g/mol. The van der Waals surface area contributed by atoms with E-state index in [1.807, 2.05) is 0 Å². The maximum Gasteiger partial charge on any atom is 0.494 e. The normalized spacial score (nSPS) is 17.8. The van der Waals surface area contributed by atoms with Crippen molar-refractivity contribution in [3.8, 4) is 11.4 Å². The number of rotatable bonds is 3. The van der Waals surface area contributed by atoms with E-state index >= 15 is 0 Å². The minimum atomic E-state index is -0.474. The molecular formula is C37H35BN2O2. The molecule has 5 heteroatoms. The molecule has 208 valence electrons. The average molecular weight is 551 g/mol. The number of hydrogen-bond acceptors (Lipinski definition) is 2. The highest BCUT2D eigenvalue weighted by molar-refractivity contribution is 6.62. The maximum atomic E-state index is 6.64. The van der Waals surface area contributed by atoms with Crippen molar-refractivity contribution in [2.45, 2.75) is 58.2 Å². The smallest absolute Gasteiger partial charge is 0.399 e. The number of hydrogen-bond donors (Lipinski definition) is 0. The Morgan fingerprint density at radius 3 is 1.79 bits per heavy atom. The van der Waals surface area contributed by atoms with Crippen molar-refractivity contribution < 1.29 is 9.31 Å². The molecule has 1 saturated heterocycles. The third-order valence-corrected chi connectivity index (χ3v) is 9.64. The van der Waals surface area contributed by atoms with Gasteiger partial charge in [0.05, 0.1) is 27.8 Å². The number of para-hydroxylation sites is 3. The van der Waals surface area contributed by atoms with E-state index in [2.05, 4.69) is 140 Å². The summed E-state index contributed by atoms with van der Waals surface area (Å²) in [5.41, 5.74) is 8.67. The summed E-state index contributed by atoms with van der Waals surface area (Å²) in [5, 5.41) is 3.83. The Bertz CT molecular complexity index is 1970. The second kappa shape index (κ2) is 9.22. The van der Waals surface area contributed by atoms with Gasteiger partial charge in [0.25, 0.3) is 0 Å². The lowest BCUT2D eigenvalue weighted by atomic mass is 9.78. The van der Waals surface area contributed by atoms with Gasteiger partial charge in [0.15, 0.2) is 0 Å². The molecular weight excluding hydrogens is 515 g/mol. The number of allylic oxidation sites excluding steroid dienone is 1. The van der Waals surface area contributed by atoms with E-state index in [0.717, 1.165) is 36.1 Å². The van der Waals surface area contributed by atoms with Crippen molar-refractivity contribution in [3.05, 3.63) is 108 Å². The number of aryl methyl sites for hydroxylation is 1. The molecule has 0 saturated carbocycles. The molecule has 3 heterocycles. The first kappa shape index (κ1) is 25.6. The fraction of sp³-hybridized carbons (Fsp3) is 0.243. The molecule has 8 rings (SSSR count). The lowest BCUT2D eigenvalue weighted by Gasteiger charge is -2.32. The highest BCUT2D eigenvalue weighted by Crippen LogP contribution is 2.39. The van der Waals surface area contributed by atoms with E-state index in [4.69, 9.17) is 9.31 Å². The first-order chi connectivity index (χ1) is 20.3.